The van der Waals surface area contributed by atoms with Crippen molar-refractivity contribution in [2.45, 2.75) is 0 Å². The molecule has 2 N–H and O–H groups in total. The molecule has 0 amide bonds. The maximum absolute atomic E-state index is 3.74. The minimum Gasteiger partial charge on any atom is -0.355 e. The van der Waals surface area contributed by atoms with E-state index >= 15 is 0 Å². The van der Waals surface area contributed by atoms with Gasteiger partial charge in [0.25, 0.3) is 0 Å². The van der Waals surface area contributed by atoms with E-state index in [4.69, 9.17) is 0 Å². The second-order valence-corrected chi connectivity index (χ2v) is 13.7. The van der Waals surface area contributed by atoms with Gasteiger partial charge in [0.15, 0.2) is 0 Å². The van der Waals surface area contributed by atoms with Gasteiger partial charge < -0.3 is 10.6 Å². The van der Waals surface area contributed by atoms with E-state index < -0.39 is 0 Å². The molecular weight excluding hydrogens is 629 g/mol. The molecule has 0 saturated carbocycles. The highest BCUT2D eigenvalue weighted by Crippen LogP contribution is 2.56. The maximum atomic E-state index is 3.74. The Morgan fingerprint density at radius 2 is 0.558 bits per heavy atom. The number of para-hydroxylation sites is 2. The molecule has 2 nitrogen and oxygen atoms in total. The van der Waals surface area contributed by atoms with Gasteiger partial charge in [-0.05, 0) is 113 Å². The summed E-state index contributed by atoms with van der Waals surface area (Å²) >= 11 is 0. The Morgan fingerprint density at radius 3 is 0.942 bits per heavy atom. The summed E-state index contributed by atoms with van der Waals surface area (Å²) in [4.78, 5) is 0. The first kappa shape index (κ1) is 28.9. The molecule has 11 rings (SSSR count). The lowest BCUT2D eigenvalue weighted by atomic mass is 9.87. The first-order chi connectivity index (χ1) is 25.8. The van der Waals surface area contributed by atoms with Crippen LogP contribution in [0.25, 0.3) is 86.9 Å². The molecule has 242 valence electrons. The average molecular weight is 661 g/mol. The molecule has 0 saturated heterocycles. The van der Waals surface area contributed by atoms with Gasteiger partial charge in [0.1, 0.15) is 0 Å². The average Bonchev–Trinajstić information content (AvgIpc) is 3.72. The smallest absolute Gasteiger partial charge is 0.0464 e. The number of nitrogens with one attached hydrogen (secondary N) is 2. The third-order valence-electron chi connectivity index (χ3n) is 10.9. The van der Waals surface area contributed by atoms with Crippen molar-refractivity contribution in [3.8, 4) is 22.3 Å². The van der Waals surface area contributed by atoms with Gasteiger partial charge in [-0.1, -0.05) is 146 Å². The minimum atomic E-state index is 1.08. The van der Waals surface area contributed by atoms with E-state index in [2.05, 4.69) is 193 Å². The summed E-state index contributed by atoms with van der Waals surface area (Å²) in [5.74, 6) is 0. The van der Waals surface area contributed by atoms with Crippen molar-refractivity contribution in [1.82, 2.24) is 0 Å². The predicted molar refractivity (Wildman–Crippen MR) is 224 cm³/mol. The molecule has 0 radical (unpaired) electrons. The molecule has 0 spiro atoms. The highest BCUT2D eigenvalue weighted by Gasteiger charge is 2.28. The van der Waals surface area contributed by atoms with E-state index in [0.717, 1.165) is 22.7 Å². The van der Waals surface area contributed by atoms with Crippen molar-refractivity contribution < 1.29 is 0 Å². The number of anilines is 4. The van der Waals surface area contributed by atoms with Gasteiger partial charge in [-0.2, -0.15) is 0 Å². The molecule has 0 aliphatic rings. The standard InChI is InChI=1S/C50H32N2/c1-5-15-31(16-6-1)43-47-37-25-13-23-35-42(52-34-21-11-4-12-22-34)30-28-40(45(35)37)50(47)44(32-17-7-2-8-18-32)48-38-26-14-24-36-41(51-33-19-9-3-10-20-33)29-27-39(46(36)38)49(43)48/h1-30,51-52H. The quantitative estimate of drug-likeness (QED) is 0.185. The lowest BCUT2D eigenvalue weighted by Gasteiger charge is -2.15. The first-order valence-electron chi connectivity index (χ1n) is 18.0. The third-order valence-corrected chi connectivity index (χ3v) is 10.9. The van der Waals surface area contributed by atoms with E-state index in [1.165, 1.54) is 86.9 Å². The van der Waals surface area contributed by atoms with Gasteiger partial charge in [0, 0.05) is 33.5 Å². The summed E-state index contributed by atoms with van der Waals surface area (Å²) in [7, 11) is 0. The number of hydrogen-bond acceptors (Lipinski definition) is 2. The zero-order chi connectivity index (χ0) is 34.2. The minimum absolute atomic E-state index is 1.08. The Labute approximate surface area is 301 Å². The largest absolute Gasteiger partial charge is 0.355 e. The fourth-order valence-corrected chi connectivity index (χ4v) is 8.83. The number of fused-ring (bicyclic) bond motifs is 6. The van der Waals surface area contributed by atoms with E-state index in [9.17, 15) is 0 Å². The number of benzene rings is 9. The molecule has 52 heavy (non-hydrogen) atoms. The van der Waals surface area contributed by atoms with Crippen LogP contribution in [0.2, 0.25) is 0 Å². The Morgan fingerprint density at radius 1 is 0.231 bits per heavy atom. The van der Waals surface area contributed by atoms with Crippen molar-refractivity contribution in [2.75, 3.05) is 10.6 Å². The first-order valence-corrected chi connectivity index (χ1v) is 18.0. The SMILES string of the molecule is c1ccc(Nc2ccc3c4c(-c5ccccc5)c5c6cccc7c(Nc8ccccc8)ccc(c5c(-c5ccccc5)c4c4cccc2c43)c76)cc1. The van der Waals surface area contributed by atoms with Crippen molar-refractivity contribution >= 4 is 87.4 Å². The Kier molecular flexibility index (Phi) is 6.28. The molecule has 2 heteroatoms. The van der Waals surface area contributed by atoms with Crippen LogP contribution in [0.5, 0.6) is 0 Å². The van der Waals surface area contributed by atoms with Crippen molar-refractivity contribution in [3.05, 3.63) is 182 Å². The molecule has 11 aromatic carbocycles. The second-order valence-electron chi connectivity index (χ2n) is 13.7. The molecule has 0 fully saturated rings. The van der Waals surface area contributed by atoms with Gasteiger partial charge >= 0.3 is 0 Å². The van der Waals surface area contributed by atoms with Crippen LogP contribution in [0, 0.1) is 0 Å². The normalized spacial score (nSPS) is 11.8. The summed E-state index contributed by atoms with van der Waals surface area (Å²) in [6.45, 7) is 0. The van der Waals surface area contributed by atoms with Gasteiger partial charge in [-0.3, -0.25) is 0 Å². The lowest BCUT2D eigenvalue weighted by molar-refractivity contribution is 1.59. The van der Waals surface area contributed by atoms with E-state index in [0.29, 0.717) is 0 Å². The molecule has 0 atom stereocenters. The molecule has 0 aromatic heterocycles. The fourth-order valence-electron chi connectivity index (χ4n) is 8.83. The highest BCUT2D eigenvalue weighted by atomic mass is 14.9. The van der Waals surface area contributed by atoms with Crippen LogP contribution in [0.4, 0.5) is 22.7 Å². The topological polar surface area (TPSA) is 24.1 Å². The van der Waals surface area contributed by atoms with Crippen LogP contribution < -0.4 is 10.6 Å². The van der Waals surface area contributed by atoms with Crippen LogP contribution in [0.15, 0.2) is 182 Å². The van der Waals surface area contributed by atoms with Crippen molar-refractivity contribution in [2.24, 2.45) is 0 Å². The Hall–Kier alpha value is -6.90. The van der Waals surface area contributed by atoms with Crippen LogP contribution in [0.1, 0.15) is 0 Å². The van der Waals surface area contributed by atoms with Crippen molar-refractivity contribution in [3.63, 3.8) is 0 Å². The van der Waals surface area contributed by atoms with E-state index in [1.807, 2.05) is 0 Å². The van der Waals surface area contributed by atoms with Crippen LogP contribution in [-0.4, -0.2) is 0 Å². The molecule has 0 bridgehead atoms. The fraction of sp³-hybridized carbons (Fsp3) is 0. The predicted octanol–water partition coefficient (Wildman–Crippen LogP) is 14.3. The lowest BCUT2D eigenvalue weighted by Crippen LogP contribution is -1.91. The Balaban J connectivity index is 1.35. The van der Waals surface area contributed by atoms with Crippen molar-refractivity contribution in [1.29, 1.82) is 0 Å². The van der Waals surface area contributed by atoms with Gasteiger partial charge in [0.2, 0.25) is 0 Å². The number of hydrogen-bond donors (Lipinski definition) is 2. The second kappa shape index (κ2) is 11.3. The third kappa shape index (κ3) is 4.19. The van der Waals surface area contributed by atoms with E-state index in [1.54, 1.807) is 0 Å². The Bertz CT molecular complexity index is 2810. The summed E-state index contributed by atoms with van der Waals surface area (Å²) in [6.07, 6.45) is 0. The zero-order valence-corrected chi connectivity index (χ0v) is 28.3. The number of rotatable bonds is 6. The summed E-state index contributed by atoms with van der Waals surface area (Å²) in [6, 6.07) is 66.0. The van der Waals surface area contributed by atoms with Gasteiger partial charge in [0.05, 0.1) is 0 Å². The van der Waals surface area contributed by atoms with Crippen LogP contribution >= 0.6 is 0 Å². The summed E-state index contributed by atoms with van der Waals surface area (Å²) in [5, 5.41) is 22.9. The zero-order valence-electron chi connectivity index (χ0n) is 28.3. The summed E-state index contributed by atoms with van der Waals surface area (Å²) in [5.41, 5.74) is 9.45. The molecule has 0 unspecified atom stereocenters. The van der Waals surface area contributed by atoms with Crippen LogP contribution in [0.3, 0.4) is 0 Å². The molecule has 11 aromatic rings. The molecular formula is C50H32N2. The monoisotopic (exact) mass is 660 g/mol. The molecule has 0 heterocycles. The van der Waals surface area contributed by atoms with Crippen LogP contribution in [-0.2, 0) is 0 Å². The summed E-state index contributed by atoms with van der Waals surface area (Å²) < 4.78 is 0. The highest BCUT2D eigenvalue weighted by molar-refractivity contribution is 6.47. The molecule has 0 aliphatic carbocycles. The maximum Gasteiger partial charge on any atom is 0.0464 e. The van der Waals surface area contributed by atoms with Gasteiger partial charge in [-0.25, -0.2) is 0 Å². The van der Waals surface area contributed by atoms with E-state index in [-0.39, 0.29) is 0 Å². The van der Waals surface area contributed by atoms with Gasteiger partial charge in [-0.15, -0.1) is 0 Å². The molecule has 0 aliphatic heterocycles.